The zero-order valence-electron chi connectivity index (χ0n) is 10.0. The fraction of sp³-hybridized carbons (Fsp3) is 1.00. The Morgan fingerprint density at radius 2 is 1.93 bits per heavy atom. The molecule has 0 aliphatic heterocycles. The van der Waals surface area contributed by atoms with E-state index in [2.05, 4.69) is 19.2 Å². The highest BCUT2D eigenvalue weighted by Crippen LogP contribution is 2.19. The smallest absolute Gasteiger partial charge is 0.00671 e. The van der Waals surface area contributed by atoms with E-state index in [1.165, 1.54) is 57.9 Å². The van der Waals surface area contributed by atoms with Gasteiger partial charge in [-0.1, -0.05) is 46.0 Å². The van der Waals surface area contributed by atoms with Gasteiger partial charge in [0.15, 0.2) is 0 Å². The Hall–Kier alpha value is -0.0400. The van der Waals surface area contributed by atoms with E-state index in [4.69, 9.17) is 0 Å². The fourth-order valence-corrected chi connectivity index (χ4v) is 2.41. The van der Waals surface area contributed by atoms with E-state index >= 15 is 0 Å². The van der Waals surface area contributed by atoms with Crippen LogP contribution in [-0.2, 0) is 0 Å². The highest BCUT2D eigenvalue weighted by molar-refractivity contribution is 4.74. The van der Waals surface area contributed by atoms with Crippen LogP contribution in [0.25, 0.3) is 0 Å². The molecule has 1 aliphatic rings. The van der Waals surface area contributed by atoms with E-state index in [1.54, 1.807) is 0 Å². The lowest BCUT2D eigenvalue weighted by molar-refractivity contribution is 0.389. The van der Waals surface area contributed by atoms with Crippen molar-refractivity contribution >= 4 is 0 Å². The van der Waals surface area contributed by atoms with Gasteiger partial charge < -0.3 is 5.32 Å². The van der Waals surface area contributed by atoms with Gasteiger partial charge in [0.25, 0.3) is 0 Å². The third-order valence-electron chi connectivity index (χ3n) is 3.59. The van der Waals surface area contributed by atoms with Crippen molar-refractivity contribution < 1.29 is 0 Å². The molecule has 0 saturated heterocycles. The normalized spacial score (nSPS) is 20.1. The Balaban J connectivity index is 2.06. The van der Waals surface area contributed by atoms with E-state index < -0.39 is 0 Å². The maximum absolute atomic E-state index is 3.74. The van der Waals surface area contributed by atoms with Crippen molar-refractivity contribution in [2.24, 2.45) is 5.92 Å². The maximum atomic E-state index is 3.74. The van der Waals surface area contributed by atoms with Gasteiger partial charge in [0.2, 0.25) is 0 Å². The second-order valence-corrected chi connectivity index (χ2v) is 4.81. The number of rotatable bonds is 7. The quantitative estimate of drug-likeness (QED) is 0.655. The van der Waals surface area contributed by atoms with Gasteiger partial charge in [0, 0.05) is 6.04 Å². The van der Waals surface area contributed by atoms with E-state index in [0.717, 1.165) is 12.0 Å². The zero-order valence-corrected chi connectivity index (χ0v) is 10.0. The van der Waals surface area contributed by atoms with Gasteiger partial charge in [-0.25, -0.2) is 0 Å². The Labute approximate surface area is 89.7 Å². The molecule has 0 heterocycles. The SMILES string of the molecule is CCCCC(CC)CNC1CCCC1. The van der Waals surface area contributed by atoms with Crippen LogP contribution in [-0.4, -0.2) is 12.6 Å². The van der Waals surface area contributed by atoms with Crippen molar-refractivity contribution in [2.45, 2.75) is 71.3 Å². The molecule has 14 heavy (non-hydrogen) atoms. The van der Waals surface area contributed by atoms with Crippen molar-refractivity contribution in [1.82, 2.24) is 5.32 Å². The van der Waals surface area contributed by atoms with E-state index in [9.17, 15) is 0 Å². The van der Waals surface area contributed by atoms with Crippen LogP contribution in [0.1, 0.15) is 65.2 Å². The Kier molecular flexibility index (Phi) is 6.25. The molecule has 1 aliphatic carbocycles. The third kappa shape index (κ3) is 4.45. The summed E-state index contributed by atoms with van der Waals surface area (Å²) in [5.74, 6) is 0.926. The van der Waals surface area contributed by atoms with Crippen molar-refractivity contribution in [3.8, 4) is 0 Å². The molecule has 0 bridgehead atoms. The first-order valence-corrected chi connectivity index (χ1v) is 6.60. The maximum Gasteiger partial charge on any atom is 0.00671 e. The molecular weight excluding hydrogens is 170 g/mol. The van der Waals surface area contributed by atoms with Crippen LogP contribution in [0, 0.1) is 5.92 Å². The van der Waals surface area contributed by atoms with Gasteiger partial charge in [-0.05, 0) is 31.7 Å². The molecule has 1 rings (SSSR count). The molecule has 0 amide bonds. The molecule has 0 radical (unpaired) electrons. The summed E-state index contributed by atoms with van der Waals surface area (Å²) in [6, 6.07) is 0.852. The first kappa shape index (κ1) is 12.0. The largest absolute Gasteiger partial charge is 0.314 e. The molecule has 0 spiro atoms. The Morgan fingerprint density at radius 1 is 1.21 bits per heavy atom. The predicted octanol–water partition coefficient (Wildman–Crippen LogP) is 3.74. The van der Waals surface area contributed by atoms with Crippen LogP contribution < -0.4 is 5.32 Å². The minimum atomic E-state index is 0.852. The van der Waals surface area contributed by atoms with Gasteiger partial charge in [0.05, 0.1) is 0 Å². The van der Waals surface area contributed by atoms with Gasteiger partial charge in [-0.2, -0.15) is 0 Å². The summed E-state index contributed by atoms with van der Waals surface area (Å²) in [7, 11) is 0. The van der Waals surface area contributed by atoms with E-state index in [1.807, 2.05) is 0 Å². The van der Waals surface area contributed by atoms with Gasteiger partial charge in [-0.3, -0.25) is 0 Å². The lowest BCUT2D eigenvalue weighted by Crippen LogP contribution is -2.31. The summed E-state index contributed by atoms with van der Waals surface area (Å²) in [4.78, 5) is 0. The minimum Gasteiger partial charge on any atom is -0.314 e. The van der Waals surface area contributed by atoms with Gasteiger partial charge >= 0.3 is 0 Å². The first-order valence-electron chi connectivity index (χ1n) is 6.60. The average molecular weight is 197 g/mol. The van der Waals surface area contributed by atoms with Crippen LogP contribution >= 0.6 is 0 Å². The average Bonchev–Trinajstić information content (AvgIpc) is 2.71. The molecule has 0 aromatic carbocycles. The summed E-state index contributed by atoms with van der Waals surface area (Å²) in [6.45, 7) is 5.88. The molecule has 1 nitrogen and oxygen atoms in total. The van der Waals surface area contributed by atoms with Crippen molar-refractivity contribution in [2.75, 3.05) is 6.54 Å². The second kappa shape index (κ2) is 7.28. The Bertz CT molecular complexity index is 127. The number of hydrogen-bond acceptors (Lipinski definition) is 1. The van der Waals surface area contributed by atoms with Crippen molar-refractivity contribution in [3.63, 3.8) is 0 Å². The van der Waals surface area contributed by atoms with Crippen LogP contribution in [0.2, 0.25) is 0 Å². The van der Waals surface area contributed by atoms with E-state index in [0.29, 0.717) is 0 Å². The summed E-state index contributed by atoms with van der Waals surface area (Å²) in [6.07, 6.45) is 11.3. The molecule has 0 aromatic heterocycles. The number of hydrogen-bond donors (Lipinski definition) is 1. The summed E-state index contributed by atoms with van der Waals surface area (Å²) >= 11 is 0. The highest BCUT2D eigenvalue weighted by Gasteiger charge is 2.15. The molecule has 1 heteroatoms. The summed E-state index contributed by atoms with van der Waals surface area (Å²) in [5.41, 5.74) is 0. The highest BCUT2D eigenvalue weighted by atomic mass is 14.9. The van der Waals surface area contributed by atoms with Gasteiger partial charge in [-0.15, -0.1) is 0 Å². The summed E-state index contributed by atoms with van der Waals surface area (Å²) in [5, 5.41) is 3.74. The summed E-state index contributed by atoms with van der Waals surface area (Å²) < 4.78 is 0. The Morgan fingerprint density at radius 3 is 2.50 bits per heavy atom. The van der Waals surface area contributed by atoms with Crippen molar-refractivity contribution in [3.05, 3.63) is 0 Å². The lowest BCUT2D eigenvalue weighted by atomic mass is 9.99. The molecule has 1 saturated carbocycles. The van der Waals surface area contributed by atoms with Crippen LogP contribution in [0.15, 0.2) is 0 Å². The predicted molar refractivity (Wildman–Crippen MR) is 63.6 cm³/mol. The standard InChI is InChI=1S/C13H27N/c1-3-5-8-12(4-2)11-14-13-9-6-7-10-13/h12-14H,3-11H2,1-2H3. The van der Waals surface area contributed by atoms with Gasteiger partial charge in [0.1, 0.15) is 0 Å². The van der Waals surface area contributed by atoms with Crippen LogP contribution in [0.5, 0.6) is 0 Å². The fourth-order valence-electron chi connectivity index (χ4n) is 2.41. The number of nitrogens with one attached hydrogen (secondary N) is 1. The lowest BCUT2D eigenvalue weighted by Gasteiger charge is -2.18. The topological polar surface area (TPSA) is 12.0 Å². The minimum absolute atomic E-state index is 0.852. The molecular formula is C13H27N. The molecule has 84 valence electrons. The van der Waals surface area contributed by atoms with Crippen LogP contribution in [0.4, 0.5) is 0 Å². The third-order valence-corrected chi connectivity index (χ3v) is 3.59. The van der Waals surface area contributed by atoms with E-state index in [-0.39, 0.29) is 0 Å². The number of unbranched alkanes of at least 4 members (excludes halogenated alkanes) is 1. The van der Waals surface area contributed by atoms with Crippen molar-refractivity contribution in [1.29, 1.82) is 0 Å². The second-order valence-electron chi connectivity index (χ2n) is 4.81. The monoisotopic (exact) mass is 197 g/mol. The molecule has 1 fully saturated rings. The molecule has 1 N–H and O–H groups in total. The molecule has 0 aromatic rings. The first-order chi connectivity index (χ1) is 6.86. The molecule has 1 unspecified atom stereocenters. The van der Waals surface area contributed by atoms with Crippen LogP contribution in [0.3, 0.4) is 0 Å². The molecule has 1 atom stereocenters. The zero-order chi connectivity index (χ0) is 10.2.